The molecule has 0 aromatic carbocycles. The lowest BCUT2D eigenvalue weighted by atomic mass is 10.1. The van der Waals surface area contributed by atoms with E-state index in [2.05, 4.69) is 4.98 Å². The fourth-order valence-electron chi connectivity index (χ4n) is 2.63. The van der Waals surface area contributed by atoms with Gasteiger partial charge in [-0.05, 0) is 31.4 Å². The summed E-state index contributed by atoms with van der Waals surface area (Å²) < 4.78 is 4.70. The summed E-state index contributed by atoms with van der Waals surface area (Å²) in [6.07, 6.45) is 5.67. The van der Waals surface area contributed by atoms with Crippen LogP contribution in [0.4, 0.5) is 0 Å². The van der Waals surface area contributed by atoms with Gasteiger partial charge in [-0.15, -0.1) is 0 Å². The molecule has 5 nitrogen and oxygen atoms in total. The molecule has 0 N–H and O–H groups in total. The molecule has 1 amide bonds. The summed E-state index contributed by atoms with van der Waals surface area (Å²) in [7, 11) is 1.34. The monoisotopic (exact) mass is 276 g/mol. The van der Waals surface area contributed by atoms with Crippen LogP contribution in [-0.4, -0.2) is 41.5 Å². The molecule has 20 heavy (non-hydrogen) atoms. The predicted molar refractivity (Wildman–Crippen MR) is 74.3 cm³/mol. The summed E-state index contributed by atoms with van der Waals surface area (Å²) in [6, 6.07) is 3.76. The van der Waals surface area contributed by atoms with Gasteiger partial charge in [0.2, 0.25) is 0 Å². The van der Waals surface area contributed by atoms with E-state index in [0.717, 1.165) is 31.2 Å². The van der Waals surface area contributed by atoms with Gasteiger partial charge in [-0.1, -0.05) is 18.9 Å². The average Bonchev–Trinajstić information content (AvgIpc) is 2.98. The van der Waals surface area contributed by atoms with Crippen LogP contribution in [0, 0.1) is 6.92 Å². The van der Waals surface area contributed by atoms with E-state index in [9.17, 15) is 9.59 Å². The molecule has 0 aliphatic heterocycles. The van der Waals surface area contributed by atoms with Crippen LogP contribution in [0.5, 0.6) is 0 Å². The lowest BCUT2D eigenvalue weighted by molar-refractivity contribution is -0.141. The highest BCUT2D eigenvalue weighted by atomic mass is 16.5. The summed E-state index contributed by atoms with van der Waals surface area (Å²) in [6.45, 7) is 1.85. The van der Waals surface area contributed by atoms with Crippen molar-refractivity contribution in [3.8, 4) is 0 Å². The van der Waals surface area contributed by atoms with Crippen LogP contribution in [0.3, 0.4) is 0 Å². The minimum absolute atomic E-state index is 0.00395. The van der Waals surface area contributed by atoms with Crippen LogP contribution < -0.4 is 0 Å². The first-order valence-electron chi connectivity index (χ1n) is 6.93. The Balaban J connectivity index is 2.23. The van der Waals surface area contributed by atoms with Gasteiger partial charge < -0.3 is 9.64 Å². The molecule has 0 atom stereocenters. The van der Waals surface area contributed by atoms with E-state index in [-0.39, 0.29) is 24.5 Å². The maximum Gasteiger partial charge on any atom is 0.325 e. The molecule has 1 aliphatic rings. The Morgan fingerprint density at radius 2 is 2.10 bits per heavy atom. The molecule has 108 valence electrons. The first-order chi connectivity index (χ1) is 9.63. The van der Waals surface area contributed by atoms with Crippen molar-refractivity contribution < 1.29 is 14.3 Å². The third-order valence-corrected chi connectivity index (χ3v) is 3.77. The van der Waals surface area contributed by atoms with E-state index in [0.29, 0.717) is 5.69 Å². The molecule has 1 fully saturated rings. The number of carbonyl (C=O) groups is 2. The number of hydrogen-bond donors (Lipinski definition) is 0. The number of pyridine rings is 1. The van der Waals surface area contributed by atoms with Crippen molar-refractivity contribution in [2.24, 2.45) is 0 Å². The fraction of sp³-hybridized carbons (Fsp3) is 0.533. The molecule has 2 rings (SSSR count). The minimum atomic E-state index is -0.390. The molecule has 5 heteroatoms. The van der Waals surface area contributed by atoms with Gasteiger partial charge in [0, 0.05) is 12.2 Å². The lowest BCUT2D eigenvalue weighted by Crippen LogP contribution is -2.43. The third kappa shape index (κ3) is 3.15. The van der Waals surface area contributed by atoms with Crippen LogP contribution in [0.1, 0.15) is 41.7 Å². The lowest BCUT2D eigenvalue weighted by Gasteiger charge is -2.28. The SMILES string of the molecule is COC(=O)CN(C(=O)c1ncccc1C)C1CCCC1. The van der Waals surface area contributed by atoms with Crippen LogP contribution in [-0.2, 0) is 9.53 Å². The summed E-state index contributed by atoms with van der Waals surface area (Å²) in [5.41, 5.74) is 1.24. The largest absolute Gasteiger partial charge is 0.468 e. The number of methoxy groups -OCH3 is 1. The van der Waals surface area contributed by atoms with Gasteiger partial charge in [0.05, 0.1) is 7.11 Å². The maximum absolute atomic E-state index is 12.7. The number of hydrogen-bond acceptors (Lipinski definition) is 4. The zero-order chi connectivity index (χ0) is 14.5. The predicted octanol–water partition coefficient (Wildman–Crippen LogP) is 1.95. The standard InChI is InChI=1S/C15H20N2O3/c1-11-6-5-9-16-14(11)15(19)17(10-13(18)20-2)12-7-3-4-8-12/h5-6,9,12H,3-4,7-8,10H2,1-2H3. The van der Waals surface area contributed by atoms with Crippen molar-refractivity contribution >= 4 is 11.9 Å². The number of esters is 1. The van der Waals surface area contributed by atoms with Crippen LogP contribution >= 0.6 is 0 Å². The number of nitrogens with zero attached hydrogens (tertiary/aromatic N) is 2. The van der Waals surface area contributed by atoms with E-state index >= 15 is 0 Å². The zero-order valence-corrected chi connectivity index (χ0v) is 12.0. The van der Waals surface area contributed by atoms with E-state index in [1.165, 1.54) is 7.11 Å². The summed E-state index contributed by atoms with van der Waals surface area (Å²) in [5, 5.41) is 0. The Bertz CT molecular complexity index is 496. The zero-order valence-electron chi connectivity index (χ0n) is 12.0. The van der Waals surface area contributed by atoms with Crippen molar-refractivity contribution in [1.29, 1.82) is 0 Å². The molecule has 1 heterocycles. The van der Waals surface area contributed by atoms with Crippen LogP contribution in [0.2, 0.25) is 0 Å². The number of carbonyl (C=O) groups excluding carboxylic acids is 2. The molecule has 0 saturated heterocycles. The highest BCUT2D eigenvalue weighted by molar-refractivity contribution is 5.95. The third-order valence-electron chi connectivity index (χ3n) is 3.77. The van der Waals surface area contributed by atoms with Crippen LogP contribution in [0.25, 0.3) is 0 Å². The summed E-state index contributed by atoms with van der Waals surface area (Å²) in [5.74, 6) is -0.570. The Hall–Kier alpha value is -1.91. The van der Waals surface area contributed by atoms with E-state index in [1.54, 1.807) is 17.2 Å². The van der Waals surface area contributed by atoms with Crippen molar-refractivity contribution in [3.05, 3.63) is 29.6 Å². The van der Waals surface area contributed by atoms with Gasteiger partial charge >= 0.3 is 5.97 Å². The Morgan fingerprint density at radius 3 is 2.70 bits per heavy atom. The molecule has 0 bridgehead atoms. The van der Waals surface area contributed by atoms with Crippen molar-refractivity contribution in [2.45, 2.75) is 38.6 Å². The molecular formula is C15H20N2O3. The number of aromatic nitrogens is 1. The second-order valence-electron chi connectivity index (χ2n) is 5.12. The molecular weight excluding hydrogens is 256 g/mol. The smallest absolute Gasteiger partial charge is 0.325 e. The normalized spacial score (nSPS) is 15.1. The first kappa shape index (κ1) is 14.5. The van der Waals surface area contributed by atoms with Gasteiger partial charge in [-0.25, -0.2) is 0 Å². The van der Waals surface area contributed by atoms with Crippen molar-refractivity contribution in [2.75, 3.05) is 13.7 Å². The Morgan fingerprint density at radius 1 is 1.40 bits per heavy atom. The number of ether oxygens (including phenoxy) is 1. The topological polar surface area (TPSA) is 59.5 Å². The summed E-state index contributed by atoms with van der Waals surface area (Å²) in [4.78, 5) is 30.0. The first-order valence-corrected chi connectivity index (χ1v) is 6.93. The molecule has 1 aromatic rings. The second kappa shape index (κ2) is 6.50. The molecule has 0 radical (unpaired) electrons. The highest BCUT2D eigenvalue weighted by Crippen LogP contribution is 2.25. The van der Waals surface area contributed by atoms with Gasteiger partial charge in [-0.3, -0.25) is 14.6 Å². The minimum Gasteiger partial charge on any atom is -0.468 e. The second-order valence-corrected chi connectivity index (χ2v) is 5.12. The number of aryl methyl sites for hydroxylation is 1. The van der Waals surface area contributed by atoms with Gasteiger partial charge in [-0.2, -0.15) is 0 Å². The Kier molecular flexibility index (Phi) is 4.71. The summed E-state index contributed by atoms with van der Waals surface area (Å²) >= 11 is 0. The molecule has 1 aromatic heterocycles. The number of amides is 1. The maximum atomic E-state index is 12.7. The van der Waals surface area contributed by atoms with Gasteiger partial charge in [0.25, 0.3) is 5.91 Å². The van der Waals surface area contributed by atoms with Gasteiger partial charge in [0.15, 0.2) is 0 Å². The molecule has 1 saturated carbocycles. The highest BCUT2D eigenvalue weighted by Gasteiger charge is 2.30. The fourth-order valence-corrected chi connectivity index (χ4v) is 2.63. The Labute approximate surface area is 118 Å². The van der Waals surface area contributed by atoms with Gasteiger partial charge in [0.1, 0.15) is 12.2 Å². The van der Waals surface area contributed by atoms with Crippen molar-refractivity contribution in [3.63, 3.8) is 0 Å². The van der Waals surface area contributed by atoms with E-state index in [1.807, 2.05) is 13.0 Å². The average molecular weight is 276 g/mol. The van der Waals surface area contributed by atoms with Crippen LogP contribution in [0.15, 0.2) is 18.3 Å². The molecule has 0 spiro atoms. The van der Waals surface area contributed by atoms with E-state index in [4.69, 9.17) is 4.74 Å². The molecule has 1 aliphatic carbocycles. The van der Waals surface area contributed by atoms with Crippen molar-refractivity contribution in [1.82, 2.24) is 9.88 Å². The van der Waals surface area contributed by atoms with E-state index < -0.39 is 0 Å². The molecule has 0 unspecified atom stereocenters. The quantitative estimate of drug-likeness (QED) is 0.789. The number of rotatable bonds is 4.